The van der Waals surface area contributed by atoms with Gasteiger partial charge in [-0.15, -0.1) is 0 Å². The van der Waals surface area contributed by atoms with E-state index in [0.717, 1.165) is 6.42 Å². The van der Waals surface area contributed by atoms with Crippen molar-refractivity contribution in [3.8, 4) is 0 Å². The fraction of sp³-hybridized carbons (Fsp3) is 0.700. The summed E-state index contributed by atoms with van der Waals surface area (Å²) < 4.78 is 23.0. The average Bonchev–Trinajstić information content (AvgIpc) is 2.60. The van der Waals surface area contributed by atoms with Gasteiger partial charge in [0.05, 0.1) is 10.7 Å². The van der Waals surface area contributed by atoms with Gasteiger partial charge in [-0.3, -0.25) is 10.1 Å². The molecule has 1 heterocycles. The number of nitrogens with one attached hydrogen (secondary N) is 1. The van der Waals surface area contributed by atoms with Crippen LogP contribution in [0.15, 0.2) is 0 Å². The van der Waals surface area contributed by atoms with Gasteiger partial charge >= 0.3 is 5.69 Å². The van der Waals surface area contributed by atoms with E-state index in [2.05, 4.69) is 10.4 Å². The van der Waals surface area contributed by atoms with Gasteiger partial charge in [0.25, 0.3) is 0 Å². The molecule has 20 heavy (non-hydrogen) atoms. The van der Waals surface area contributed by atoms with Gasteiger partial charge in [0, 0.05) is 13.6 Å². The number of nitrogens with two attached hydrogens (primary N) is 1. The minimum absolute atomic E-state index is 0.0510. The molecule has 10 heteroatoms. The third kappa shape index (κ3) is 4.46. The lowest BCUT2D eigenvalue weighted by Gasteiger charge is -2.05. The van der Waals surface area contributed by atoms with Crippen molar-refractivity contribution in [2.45, 2.75) is 26.2 Å². The van der Waals surface area contributed by atoms with E-state index in [-0.39, 0.29) is 30.2 Å². The third-order valence-corrected chi connectivity index (χ3v) is 3.52. The van der Waals surface area contributed by atoms with Gasteiger partial charge in [-0.25, -0.2) is 18.2 Å². The molecule has 0 unspecified atom stereocenters. The van der Waals surface area contributed by atoms with Gasteiger partial charge in [-0.1, -0.05) is 13.3 Å². The number of aryl methyl sites for hydroxylation is 2. The molecular formula is C10H19N5O4S. The standard InChI is InChI=1S/C10H19N5O4S/c1-3-5-8-9(15(16)17)10(14(2)13-8)12-6-4-7-20(11,18)19/h12H,3-7H2,1-2H3,(H2,11,18,19). The lowest BCUT2D eigenvalue weighted by molar-refractivity contribution is -0.384. The summed E-state index contributed by atoms with van der Waals surface area (Å²) in [6, 6.07) is 0. The molecule has 0 aromatic carbocycles. The summed E-state index contributed by atoms with van der Waals surface area (Å²) in [5.41, 5.74) is 0.374. The highest BCUT2D eigenvalue weighted by molar-refractivity contribution is 7.89. The average molecular weight is 305 g/mol. The molecule has 0 fully saturated rings. The van der Waals surface area contributed by atoms with Crippen molar-refractivity contribution in [3.63, 3.8) is 0 Å². The zero-order valence-corrected chi connectivity index (χ0v) is 12.3. The zero-order chi connectivity index (χ0) is 15.3. The topological polar surface area (TPSA) is 133 Å². The van der Waals surface area contributed by atoms with E-state index in [1.807, 2.05) is 6.92 Å². The van der Waals surface area contributed by atoms with Crippen LogP contribution < -0.4 is 10.5 Å². The van der Waals surface area contributed by atoms with Crippen LogP contribution >= 0.6 is 0 Å². The predicted molar refractivity (Wildman–Crippen MR) is 74.9 cm³/mol. The lowest BCUT2D eigenvalue weighted by Crippen LogP contribution is -2.19. The molecule has 1 rings (SSSR count). The minimum Gasteiger partial charge on any atom is -0.364 e. The fourth-order valence-corrected chi connectivity index (χ4v) is 2.39. The number of aromatic nitrogens is 2. The molecule has 0 amide bonds. The molecule has 0 aliphatic rings. The SMILES string of the molecule is CCCc1nn(C)c(NCCCS(N)(=O)=O)c1[N+](=O)[O-]. The normalized spacial score (nSPS) is 11.6. The van der Waals surface area contributed by atoms with Crippen molar-refractivity contribution >= 4 is 21.5 Å². The third-order valence-electron chi connectivity index (χ3n) is 2.66. The first-order chi connectivity index (χ1) is 9.26. The maximum absolute atomic E-state index is 11.1. The summed E-state index contributed by atoms with van der Waals surface area (Å²) in [5.74, 6) is 0.112. The predicted octanol–water partition coefficient (Wildman–Crippen LogP) is 0.371. The van der Waals surface area contributed by atoms with Crippen LogP contribution in [-0.2, 0) is 23.5 Å². The molecule has 0 radical (unpaired) electrons. The van der Waals surface area contributed by atoms with Crippen LogP contribution in [-0.4, -0.2) is 35.4 Å². The second-order valence-corrected chi connectivity index (χ2v) is 6.16. The smallest absolute Gasteiger partial charge is 0.333 e. The summed E-state index contributed by atoms with van der Waals surface area (Å²) >= 11 is 0. The molecule has 1 aromatic rings. The lowest BCUT2D eigenvalue weighted by atomic mass is 10.2. The Bertz CT molecular complexity index is 581. The quantitative estimate of drug-likeness (QED) is 0.405. The van der Waals surface area contributed by atoms with E-state index in [4.69, 9.17) is 5.14 Å². The second-order valence-electron chi connectivity index (χ2n) is 4.42. The van der Waals surface area contributed by atoms with Gasteiger partial charge in [0.15, 0.2) is 0 Å². The first-order valence-corrected chi connectivity index (χ1v) is 7.92. The highest BCUT2D eigenvalue weighted by atomic mass is 32.2. The Morgan fingerprint density at radius 1 is 1.50 bits per heavy atom. The second kappa shape index (κ2) is 6.66. The largest absolute Gasteiger partial charge is 0.364 e. The van der Waals surface area contributed by atoms with E-state index in [0.29, 0.717) is 12.1 Å². The van der Waals surface area contributed by atoms with Crippen molar-refractivity contribution in [2.75, 3.05) is 17.6 Å². The molecule has 0 bridgehead atoms. The van der Waals surface area contributed by atoms with Crippen LogP contribution in [0.25, 0.3) is 0 Å². The highest BCUT2D eigenvalue weighted by Crippen LogP contribution is 2.28. The Hall–Kier alpha value is -1.68. The summed E-state index contributed by atoms with van der Waals surface area (Å²) in [6.45, 7) is 2.18. The van der Waals surface area contributed by atoms with Crippen LogP contribution in [0, 0.1) is 10.1 Å². The van der Waals surface area contributed by atoms with Crippen LogP contribution in [0.2, 0.25) is 0 Å². The Kier molecular flexibility index (Phi) is 5.45. The molecule has 9 nitrogen and oxygen atoms in total. The first kappa shape index (κ1) is 16.4. The van der Waals surface area contributed by atoms with Crippen molar-refractivity contribution in [1.29, 1.82) is 0 Å². The Labute approximate surface area is 117 Å². The maximum atomic E-state index is 11.1. The van der Waals surface area contributed by atoms with Crippen molar-refractivity contribution in [3.05, 3.63) is 15.8 Å². The first-order valence-electron chi connectivity index (χ1n) is 6.21. The van der Waals surface area contributed by atoms with E-state index in [1.165, 1.54) is 4.68 Å². The van der Waals surface area contributed by atoms with Crippen molar-refractivity contribution in [2.24, 2.45) is 12.2 Å². The van der Waals surface area contributed by atoms with Crippen LogP contribution in [0.1, 0.15) is 25.5 Å². The summed E-state index contributed by atoms with van der Waals surface area (Å²) in [5, 5.41) is 23.0. The van der Waals surface area contributed by atoms with Crippen LogP contribution in [0.5, 0.6) is 0 Å². The minimum atomic E-state index is -3.51. The number of hydrogen-bond donors (Lipinski definition) is 2. The van der Waals surface area contributed by atoms with E-state index < -0.39 is 14.9 Å². The number of hydrogen-bond acceptors (Lipinski definition) is 6. The van der Waals surface area contributed by atoms with E-state index in [1.54, 1.807) is 7.05 Å². The molecule has 114 valence electrons. The number of rotatable bonds is 8. The molecule has 0 atom stereocenters. The van der Waals surface area contributed by atoms with Gasteiger partial charge in [-0.2, -0.15) is 5.10 Å². The van der Waals surface area contributed by atoms with Gasteiger partial charge in [0.1, 0.15) is 5.69 Å². The zero-order valence-electron chi connectivity index (χ0n) is 11.5. The van der Waals surface area contributed by atoms with Crippen molar-refractivity contribution in [1.82, 2.24) is 9.78 Å². The van der Waals surface area contributed by atoms with Gasteiger partial charge < -0.3 is 5.32 Å². The fourth-order valence-electron chi connectivity index (χ4n) is 1.84. The molecule has 0 saturated carbocycles. The Morgan fingerprint density at radius 2 is 2.15 bits per heavy atom. The molecule has 0 spiro atoms. The molecule has 0 aliphatic heterocycles. The summed E-state index contributed by atoms with van der Waals surface area (Å²) in [7, 11) is -1.91. The Morgan fingerprint density at radius 3 is 2.65 bits per heavy atom. The van der Waals surface area contributed by atoms with Gasteiger partial charge in [0.2, 0.25) is 15.8 Å². The van der Waals surface area contributed by atoms with Crippen LogP contribution in [0.3, 0.4) is 0 Å². The van der Waals surface area contributed by atoms with Gasteiger partial charge in [-0.05, 0) is 12.8 Å². The number of sulfonamides is 1. The monoisotopic (exact) mass is 305 g/mol. The Balaban J connectivity index is 2.81. The number of anilines is 1. The highest BCUT2D eigenvalue weighted by Gasteiger charge is 2.25. The van der Waals surface area contributed by atoms with E-state index in [9.17, 15) is 18.5 Å². The maximum Gasteiger partial charge on any atom is 0.333 e. The molecular weight excluding hydrogens is 286 g/mol. The summed E-state index contributed by atoms with van der Waals surface area (Å²) in [4.78, 5) is 10.6. The molecule has 3 N–H and O–H groups in total. The molecule has 0 saturated heterocycles. The summed E-state index contributed by atoms with van der Waals surface area (Å²) in [6.07, 6.45) is 1.54. The number of primary sulfonamides is 1. The number of nitrogens with zero attached hydrogens (tertiary/aromatic N) is 3. The molecule has 1 aromatic heterocycles. The van der Waals surface area contributed by atoms with E-state index >= 15 is 0 Å². The molecule has 0 aliphatic carbocycles. The van der Waals surface area contributed by atoms with Crippen molar-refractivity contribution < 1.29 is 13.3 Å². The van der Waals surface area contributed by atoms with Crippen LogP contribution in [0.4, 0.5) is 11.5 Å². The number of nitro groups is 1.